The van der Waals surface area contributed by atoms with Gasteiger partial charge in [-0.15, -0.1) is 0 Å². The molecule has 0 aliphatic heterocycles. The van der Waals surface area contributed by atoms with Gasteiger partial charge >= 0.3 is 24.3 Å². The summed E-state index contributed by atoms with van der Waals surface area (Å²) in [6.45, 7) is 6.77. The number of ether oxygens (including phenoxy) is 3. The number of fused-ring (bicyclic) bond motifs is 1. The molecule has 0 amide bonds. The maximum atomic E-state index is 16.0. The summed E-state index contributed by atoms with van der Waals surface area (Å²) in [6, 6.07) is 28.3. The van der Waals surface area contributed by atoms with Crippen LogP contribution in [-0.4, -0.2) is 62.6 Å². The number of nitrogens with one attached hydrogen (secondary N) is 1. The molecule has 0 saturated heterocycles. The molecule has 12 nitrogen and oxygen atoms in total. The van der Waals surface area contributed by atoms with Gasteiger partial charge in [0.05, 0.1) is 36.9 Å². The number of nitrogens with two attached hydrogens (primary N) is 1. The van der Waals surface area contributed by atoms with Crippen LogP contribution in [-0.2, 0) is 34.2 Å². The number of para-hydroxylation sites is 2. The number of hydrogen-bond acceptors (Lipinski definition) is 8. The van der Waals surface area contributed by atoms with Gasteiger partial charge in [-0.05, 0) is 68.8 Å². The molecular weight excluding hydrogens is 771 g/mol. The Hall–Kier alpha value is -6.37. The summed E-state index contributed by atoms with van der Waals surface area (Å²) in [5.41, 5.74) is 10.1. The molecule has 0 fully saturated rings. The predicted molar refractivity (Wildman–Crippen MR) is 195 cm³/mol. The van der Waals surface area contributed by atoms with Crippen LogP contribution in [0.5, 0.6) is 11.5 Å². The first kappa shape index (κ1) is 45.0. The highest BCUT2D eigenvalue weighted by Crippen LogP contribution is 2.35. The summed E-state index contributed by atoms with van der Waals surface area (Å²) >= 11 is 0. The number of aromatic nitrogens is 2. The number of nitrogen functional groups attached to an aromatic ring is 1. The predicted octanol–water partition coefficient (Wildman–Crippen LogP) is 8.42. The number of carbonyl (C=O) groups is 2. The van der Waals surface area contributed by atoms with Crippen molar-refractivity contribution in [3.05, 3.63) is 114 Å². The molecule has 0 saturated carbocycles. The van der Waals surface area contributed by atoms with Crippen LogP contribution in [0.25, 0.3) is 11.0 Å². The second-order valence-corrected chi connectivity index (χ2v) is 11.9. The van der Waals surface area contributed by atoms with Gasteiger partial charge in [0.1, 0.15) is 18.3 Å². The average Bonchev–Trinajstić information content (AvgIpc) is 3.50. The minimum Gasteiger partial charge on any atom is -0.494 e. The van der Waals surface area contributed by atoms with Crippen LogP contribution in [0.4, 0.5) is 42.4 Å². The molecule has 5 aromatic rings. The van der Waals surface area contributed by atoms with Crippen LogP contribution in [0.2, 0.25) is 0 Å². The van der Waals surface area contributed by atoms with Crippen molar-refractivity contribution in [2.24, 2.45) is 5.73 Å². The van der Waals surface area contributed by atoms with E-state index in [2.05, 4.69) is 0 Å². The van der Waals surface area contributed by atoms with Crippen LogP contribution in [0.15, 0.2) is 91.0 Å². The molecule has 4 aromatic carbocycles. The summed E-state index contributed by atoms with van der Waals surface area (Å²) in [4.78, 5) is 24.7. The first-order valence-corrected chi connectivity index (χ1v) is 16.7. The Balaban J connectivity index is 0.000000531. The number of anilines is 2. The Morgan fingerprint density at radius 3 is 1.98 bits per heavy atom. The van der Waals surface area contributed by atoms with E-state index in [1.807, 2.05) is 97.0 Å². The van der Waals surface area contributed by atoms with Crippen molar-refractivity contribution in [1.82, 2.24) is 9.55 Å². The lowest BCUT2D eigenvalue weighted by atomic mass is 10.1. The number of amidine groups is 1. The van der Waals surface area contributed by atoms with Gasteiger partial charge in [0.25, 0.3) is 0 Å². The topological polar surface area (TPSA) is 173 Å². The van der Waals surface area contributed by atoms with Gasteiger partial charge in [0.15, 0.2) is 11.6 Å². The summed E-state index contributed by atoms with van der Waals surface area (Å²) < 4.78 is 99.2. The van der Waals surface area contributed by atoms with Crippen molar-refractivity contribution in [2.75, 3.05) is 11.5 Å². The lowest BCUT2D eigenvalue weighted by Crippen LogP contribution is -2.23. The fraction of sp³-hybridized carbons (Fsp3) is 0.263. The van der Waals surface area contributed by atoms with Crippen molar-refractivity contribution in [3.8, 4) is 11.5 Å². The van der Waals surface area contributed by atoms with E-state index in [9.17, 15) is 26.3 Å². The Kier molecular flexibility index (Phi) is 15.8. The van der Waals surface area contributed by atoms with Crippen LogP contribution in [0.3, 0.4) is 0 Å². The van der Waals surface area contributed by atoms with Crippen molar-refractivity contribution in [2.45, 2.75) is 59.1 Å². The third-order valence-electron chi connectivity index (χ3n) is 7.27. The van der Waals surface area contributed by atoms with E-state index in [1.54, 1.807) is 24.3 Å². The molecule has 1 aromatic heterocycles. The molecule has 1 heterocycles. The number of nitrogens with zero attached hydrogens (tertiary/aromatic N) is 3. The van der Waals surface area contributed by atoms with Gasteiger partial charge in [-0.2, -0.15) is 26.3 Å². The molecule has 57 heavy (non-hydrogen) atoms. The molecule has 19 heteroatoms. The standard InChI is InChI=1S/C34H36FN5O3.2C2HF3O2/c1-4-42-28-18-26(32(35)31(19-28)43-23(2)3)20-39(27-16-14-25(15-17-27)33(36)37)34-38-29-12-8-9-13-30(29)40(34)22-41-21-24-10-6-5-7-11-24;2*3-2(4,5)1(6)7/h5-19,23H,4,20-22H2,1-3H3,(H3,36,37);2*(H,6,7). The van der Waals surface area contributed by atoms with Crippen molar-refractivity contribution >= 4 is 40.4 Å². The molecule has 0 bridgehead atoms. The number of imidazole rings is 1. The Bertz CT molecular complexity index is 2080. The number of carboxylic acids is 2. The normalized spacial score (nSPS) is 11.2. The van der Waals surface area contributed by atoms with Crippen molar-refractivity contribution in [1.29, 1.82) is 5.41 Å². The van der Waals surface area contributed by atoms with Crippen molar-refractivity contribution < 1.29 is 64.7 Å². The van der Waals surface area contributed by atoms with Crippen LogP contribution in [0, 0.1) is 11.2 Å². The van der Waals surface area contributed by atoms with Crippen LogP contribution < -0.4 is 20.1 Å². The molecule has 0 aliphatic rings. The number of rotatable bonds is 13. The summed E-state index contributed by atoms with van der Waals surface area (Å²) in [5, 5.41) is 22.1. The van der Waals surface area contributed by atoms with E-state index in [-0.39, 0.29) is 31.0 Å². The van der Waals surface area contributed by atoms with Gasteiger partial charge in [-0.25, -0.2) is 19.0 Å². The number of carboxylic acid groups (broad SMARTS) is 2. The van der Waals surface area contributed by atoms with Crippen molar-refractivity contribution in [3.63, 3.8) is 0 Å². The molecule has 0 aliphatic carbocycles. The lowest BCUT2D eigenvalue weighted by Gasteiger charge is -2.26. The van der Waals surface area contributed by atoms with E-state index in [1.165, 1.54) is 0 Å². The zero-order chi connectivity index (χ0) is 42.5. The Morgan fingerprint density at radius 2 is 1.46 bits per heavy atom. The second kappa shape index (κ2) is 20.0. The third kappa shape index (κ3) is 13.4. The van der Waals surface area contributed by atoms with Gasteiger partial charge in [-0.1, -0.05) is 42.5 Å². The Morgan fingerprint density at radius 1 is 0.895 bits per heavy atom. The third-order valence-corrected chi connectivity index (χ3v) is 7.27. The van der Waals surface area contributed by atoms with E-state index >= 15 is 4.39 Å². The summed E-state index contributed by atoms with van der Waals surface area (Å²) in [7, 11) is 0. The highest BCUT2D eigenvalue weighted by molar-refractivity contribution is 5.95. The first-order chi connectivity index (χ1) is 26.7. The maximum absolute atomic E-state index is 16.0. The molecule has 0 radical (unpaired) electrons. The largest absolute Gasteiger partial charge is 0.494 e. The highest BCUT2D eigenvalue weighted by Gasteiger charge is 2.39. The van der Waals surface area contributed by atoms with E-state index in [0.717, 1.165) is 22.3 Å². The van der Waals surface area contributed by atoms with Gasteiger partial charge < -0.3 is 35.1 Å². The fourth-order valence-electron chi connectivity index (χ4n) is 4.83. The smallest absolute Gasteiger partial charge is 0.490 e. The minimum absolute atomic E-state index is 0.0365. The molecular formula is C38H38F7N5O7. The van der Waals surface area contributed by atoms with E-state index < -0.39 is 30.1 Å². The number of benzene rings is 4. The second-order valence-electron chi connectivity index (χ2n) is 11.9. The zero-order valence-corrected chi connectivity index (χ0v) is 30.6. The van der Waals surface area contributed by atoms with E-state index in [4.69, 9.17) is 50.1 Å². The molecule has 0 unspecified atom stereocenters. The SMILES string of the molecule is CCOc1cc(CN(c2ccc(C(=N)N)cc2)c2nc3ccccc3n2COCc2ccccc2)c(F)c(OC(C)C)c1.O=C(O)C(F)(F)F.O=C(O)C(F)(F)F. The zero-order valence-electron chi connectivity index (χ0n) is 30.6. The Labute approximate surface area is 321 Å². The number of halogens is 7. The molecule has 5 N–H and O–H groups in total. The monoisotopic (exact) mass is 809 g/mol. The van der Waals surface area contributed by atoms with Crippen LogP contribution >= 0.6 is 0 Å². The number of alkyl halides is 6. The fourth-order valence-corrected chi connectivity index (χ4v) is 4.83. The minimum atomic E-state index is -5.08. The van der Waals surface area contributed by atoms with E-state index in [0.29, 0.717) is 36.0 Å². The summed E-state index contributed by atoms with van der Waals surface area (Å²) in [5.74, 6) is -4.81. The first-order valence-electron chi connectivity index (χ1n) is 16.7. The lowest BCUT2D eigenvalue weighted by molar-refractivity contribution is -0.193. The van der Waals surface area contributed by atoms with Gasteiger partial charge in [0.2, 0.25) is 5.95 Å². The van der Waals surface area contributed by atoms with Crippen LogP contribution in [0.1, 0.15) is 37.5 Å². The summed E-state index contributed by atoms with van der Waals surface area (Å²) in [6.07, 6.45) is -10.4. The number of hydrogen-bond donors (Lipinski definition) is 4. The number of aliphatic carboxylic acids is 2. The molecule has 306 valence electrons. The highest BCUT2D eigenvalue weighted by atomic mass is 19.4. The average molecular weight is 810 g/mol. The quantitative estimate of drug-likeness (QED) is 0.0514. The van der Waals surface area contributed by atoms with Gasteiger partial charge in [0, 0.05) is 22.9 Å². The molecule has 0 atom stereocenters. The molecule has 5 rings (SSSR count). The van der Waals surface area contributed by atoms with Gasteiger partial charge in [-0.3, -0.25) is 9.98 Å². The maximum Gasteiger partial charge on any atom is 0.490 e. The molecule has 0 spiro atoms.